The Labute approximate surface area is 143 Å². The van der Waals surface area contributed by atoms with Gasteiger partial charge in [-0.3, -0.25) is 4.79 Å². The Kier molecular flexibility index (Phi) is 5.54. The van der Waals surface area contributed by atoms with Crippen molar-refractivity contribution < 1.29 is 27.9 Å². The number of carboxylic acids is 1. The zero-order valence-corrected chi connectivity index (χ0v) is 14.0. The van der Waals surface area contributed by atoms with Crippen molar-refractivity contribution in [2.24, 2.45) is 5.92 Å². The Bertz CT molecular complexity index is 660. The Balaban J connectivity index is 0.000000277. The fraction of sp³-hybridized carbons (Fsp3) is 0.562. The monoisotopic (exact) mass is 359 g/mol. The molecule has 0 radical (unpaired) electrons. The summed E-state index contributed by atoms with van der Waals surface area (Å²) in [6.07, 6.45) is -2.94. The molecule has 138 valence electrons. The number of hydrogen-bond acceptors (Lipinski definition) is 4. The first-order chi connectivity index (χ1) is 11.6. The number of carbonyl (C=O) groups is 2. The molecule has 1 fully saturated rings. The van der Waals surface area contributed by atoms with Gasteiger partial charge in [0.15, 0.2) is 0 Å². The fourth-order valence-electron chi connectivity index (χ4n) is 2.46. The van der Waals surface area contributed by atoms with Gasteiger partial charge in [0.25, 0.3) is 0 Å². The minimum absolute atomic E-state index is 0.301. The van der Waals surface area contributed by atoms with Crippen molar-refractivity contribution in [1.82, 2.24) is 9.88 Å². The molecular weight excluding hydrogens is 339 g/mol. The summed E-state index contributed by atoms with van der Waals surface area (Å²) < 4.78 is 31.7. The number of aliphatic carboxylic acids is 1. The van der Waals surface area contributed by atoms with Crippen LogP contribution < -0.4 is 4.90 Å². The Morgan fingerprint density at radius 2 is 1.84 bits per heavy atom. The topological polar surface area (TPSA) is 73.7 Å². The van der Waals surface area contributed by atoms with Crippen molar-refractivity contribution >= 4 is 17.7 Å². The average molecular weight is 359 g/mol. The molecule has 0 atom stereocenters. The van der Waals surface area contributed by atoms with Crippen LogP contribution in [-0.4, -0.2) is 53.2 Å². The first kappa shape index (κ1) is 19.0. The molecule has 0 unspecified atom stereocenters. The van der Waals surface area contributed by atoms with Crippen molar-refractivity contribution in [1.29, 1.82) is 0 Å². The molecule has 1 aliphatic heterocycles. The van der Waals surface area contributed by atoms with Crippen LogP contribution in [0.1, 0.15) is 24.1 Å². The molecule has 2 heterocycles. The maximum Gasteiger partial charge on any atom is 0.490 e. The van der Waals surface area contributed by atoms with Gasteiger partial charge in [-0.15, -0.1) is 0 Å². The van der Waals surface area contributed by atoms with Gasteiger partial charge in [0.2, 0.25) is 5.91 Å². The summed E-state index contributed by atoms with van der Waals surface area (Å²) in [6, 6.07) is 4.13. The van der Waals surface area contributed by atoms with E-state index < -0.39 is 12.1 Å². The third-order valence-corrected chi connectivity index (χ3v) is 4.00. The number of halogens is 3. The first-order valence-corrected chi connectivity index (χ1v) is 7.86. The third kappa shape index (κ3) is 5.07. The minimum atomic E-state index is -5.08. The fourth-order valence-corrected chi connectivity index (χ4v) is 2.46. The van der Waals surface area contributed by atoms with Gasteiger partial charge in [0.1, 0.15) is 5.82 Å². The molecule has 1 aliphatic carbocycles. The van der Waals surface area contributed by atoms with Crippen LogP contribution in [0.5, 0.6) is 0 Å². The number of fused-ring (bicyclic) bond motifs is 1. The number of aryl methyl sites for hydroxylation is 1. The molecule has 0 saturated heterocycles. The molecule has 0 aromatic carbocycles. The van der Waals surface area contributed by atoms with Crippen LogP contribution >= 0.6 is 0 Å². The zero-order chi connectivity index (χ0) is 18.8. The summed E-state index contributed by atoms with van der Waals surface area (Å²) in [6.45, 7) is 4.39. The van der Waals surface area contributed by atoms with Gasteiger partial charge in [-0.25, -0.2) is 9.78 Å². The van der Waals surface area contributed by atoms with Gasteiger partial charge in [-0.2, -0.15) is 13.2 Å². The van der Waals surface area contributed by atoms with E-state index in [1.54, 1.807) is 0 Å². The lowest BCUT2D eigenvalue weighted by molar-refractivity contribution is -0.192. The second-order valence-electron chi connectivity index (χ2n) is 6.19. The summed E-state index contributed by atoms with van der Waals surface area (Å²) in [5.41, 5.74) is 2.19. The minimum Gasteiger partial charge on any atom is -0.475 e. The number of rotatable bonds is 1. The molecule has 25 heavy (non-hydrogen) atoms. The van der Waals surface area contributed by atoms with Gasteiger partial charge in [0, 0.05) is 43.9 Å². The Morgan fingerprint density at radius 3 is 2.36 bits per heavy atom. The largest absolute Gasteiger partial charge is 0.490 e. The summed E-state index contributed by atoms with van der Waals surface area (Å²) in [5.74, 6) is -1.10. The van der Waals surface area contributed by atoms with E-state index in [4.69, 9.17) is 9.90 Å². The van der Waals surface area contributed by atoms with E-state index >= 15 is 0 Å². The van der Waals surface area contributed by atoms with E-state index in [1.807, 2.05) is 17.9 Å². The van der Waals surface area contributed by atoms with Crippen LogP contribution in [0.3, 0.4) is 0 Å². The van der Waals surface area contributed by atoms with Gasteiger partial charge in [0.05, 0.1) is 0 Å². The van der Waals surface area contributed by atoms with E-state index in [0.29, 0.717) is 18.4 Å². The van der Waals surface area contributed by atoms with Crippen molar-refractivity contribution in [3.8, 4) is 0 Å². The standard InChI is InChI=1S/C14H19N3O.C2HF3O2/c1-10-3-4-12-9-17(14(18)11-5-6-11)8-7-16(2)13(12)15-10;3-2(4,5)1(6)7/h3-4,11H,5-9H2,1-2H3;(H,6,7). The van der Waals surface area contributed by atoms with Crippen molar-refractivity contribution in [3.63, 3.8) is 0 Å². The Hall–Kier alpha value is -2.32. The molecular formula is C16H20F3N3O3. The molecule has 1 aromatic rings. The summed E-state index contributed by atoms with van der Waals surface area (Å²) in [4.78, 5) is 29.8. The molecule has 0 spiro atoms. The highest BCUT2D eigenvalue weighted by Gasteiger charge is 2.38. The number of carbonyl (C=O) groups excluding carboxylic acids is 1. The van der Waals surface area contributed by atoms with Crippen LogP contribution in [0, 0.1) is 12.8 Å². The van der Waals surface area contributed by atoms with Crippen molar-refractivity contribution in [2.45, 2.75) is 32.5 Å². The molecule has 0 bridgehead atoms. The van der Waals surface area contributed by atoms with Crippen molar-refractivity contribution in [2.75, 3.05) is 25.0 Å². The van der Waals surface area contributed by atoms with Crippen molar-refractivity contribution in [3.05, 3.63) is 23.4 Å². The van der Waals surface area contributed by atoms with Crippen LogP contribution in [-0.2, 0) is 16.1 Å². The second-order valence-corrected chi connectivity index (χ2v) is 6.19. The predicted molar refractivity (Wildman–Crippen MR) is 84.1 cm³/mol. The average Bonchev–Trinajstić information content (AvgIpc) is 3.36. The SMILES string of the molecule is Cc1ccc2c(n1)N(C)CCN(C(=O)C1CC1)C2.O=C(O)C(F)(F)F. The van der Waals surface area contributed by atoms with Crippen LogP contribution in [0.4, 0.5) is 19.0 Å². The number of pyridine rings is 1. The van der Waals surface area contributed by atoms with Gasteiger partial charge in [-0.05, 0) is 25.8 Å². The van der Waals surface area contributed by atoms with Gasteiger partial charge < -0.3 is 14.9 Å². The third-order valence-electron chi connectivity index (χ3n) is 4.00. The molecule has 9 heteroatoms. The predicted octanol–water partition coefficient (Wildman–Crippen LogP) is 2.21. The molecule has 2 aliphatic rings. The molecule has 6 nitrogen and oxygen atoms in total. The van der Waals surface area contributed by atoms with Crippen LogP contribution in [0.25, 0.3) is 0 Å². The number of nitrogens with zero attached hydrogens (tertiary/aromatic N) is 3. The highest BCUT2D eigenvalue weighted by atomic mass is 19.4. The van der Waals surface area contributed by atoms with E-state index in [0.717, 1.165) is 43.0 Å². The zero-order valence-electron chi connectivity index (χ0n) is 14.0. The molecule has 1 saturated carbocycles. The summed E-state index contributed by atoms with van der Waals surface area (Å²) in [5, 5.41) is 7.12. The smallest absolute Gasteiger partial charge is 0.475 e. The number of amides is 1. The molecule has 1 aromatic heterocycles. The summed E-state index contributed by atoms with van der Waals surface area (Å²) >= 11 is 0. The lowest BCUT2D eigenvalue weighted by Gasteiger charge is -2.20. The van der Waals surface area contributed by atoms with E-state index in [2.05, 4.69) is 23.0 Å². The lowest BCUT2D eigenvalue weighted by atomic mass is 10.2. The number of hydrogen-bond donors (Lipinski definition) is 1. The van der Waals surface area contributed by atoms with Gasteiger partial charge in [-0.1, -0.05) is 6.07 Å². The summed E-state index contributed by atoms with van der Waals surface area (Å²) in [7, 11) is 2.05. The lowest BCUT2D eigenvalue weighted by Crippen LogP contribution is -2.35. The quantitative estimate of drug-likeness (QED) is 0.832. The number of carboxylic acid groups (broad SMARTS) is 1. The molecule has 1 amide bonds. The number of alkyl halides is 3. The highest BCUT2D eigenvalue weighted by Crippen LogP contribution is 2.32. The highest BCUT2D eigenvalue weighted by molar-refractivity contribution is 5.81. The number of aromatic nitrogens is 1. The second kappa shape index (κ2) is 7.28. The molecule has 1 N–H and O–H groups in total. The Morgan fingerprint density at radius 1 is 1.24 bits per heavy atom. The van der Waals surface area contributed by atoms with E-state index in [-0.39, 0.29) is 0 Å². The van der Waals surface area contributed by atoms with Crippen LogP contribution in [0.2, 0.25) is 0 Å². The van der Waals surface area contributed by atoms with E-state index in [9.17, 15) is 18.0 Å². The maximum absolute atomic E-state index is 12.2. The molecule has 3 rings (SSSR count). The van der Waals surface area contributed by atoms with Crippen LogP contribution in [0.15, 0.2) is 12.1 Å². The normalized spacial score (nSPS) is 17.2. The van der Waals surface area contributed by atoms with Gasteiger partial charge >= 0.3 is 12.1 Å². The number of likely N-dealkylation sites (N-methyl/N-ethyl adjacent to an activating group) is 1. The number of anilines is 1. The van der Waals surface area contributed by atoms with E-state index in [1.165, 1.54) is 0 Å². The maximum atomic E-state index is 12.2. The first-order valence-electron chi connectivity index (χ1n) is 7.86.